The maximum absolute atomic E-state index is 6.31. The van der Waals surface area contributed by atoms with E-state index in [9.17, 15) is 0 Å². The van der Waals surface area contributed by atoms with Crippen LogP contribution in [0.25, 0.3) is 38.3 Å². The normalized spacial score (nSPS) is 11.5. The molecule has 4 aromatic carbocycles. The molecule has 1 aromatic heterocycles. The first-order valence-electron chi connectivity index (χ1n) is 8.00. The number of hydrogen-bond donors (Lipinski definition) is 0. The molecule has 0 unspecified atom stereocenters. The summed E-state index contributed by atoms with van der Waals surface area (Å²) in [5, 5.41) is 5.66. The van der Waals surface area contributed by atoms with Crippen molar-refractivity contribution in [3.63, 3.8) is 0 Å². The fourth-order valence-electron chi connectivity index (χ4n) is 3.60. The second kappa shape index (κ2) is 5.12. The van der Waals surface area contributed by atoms with E-state index in [0.29, 0.717) is 0 Å². The summed E-state index contributed by atoms with van der Waals surface area (Å²) in [6.07, 6.45) is 0. The van der Waals surface area contributed by atoms with Gasteiger partial charge in [0.25, 0.3) is 0 Å². The molecule has 0 saturated heterocycles. The van der Waals surface area contributed by atoms with E-state index in [1.165, 1.54) is 32.6 Å². The zero-order valence-electron chi connectivity index (χ0n) is 12.9. The molecule has 0 radical (unpaired) electrons. The van der Waals surface area contributed by atoms with Crippen LogP contribution < -0.4 is 0 Å². The molecule has 0 saturated carbocycles. The highest BCUT2D eigenvalue weighted by Gasteiger charge is 2.14. The van der Waals surface area contributed by atoms with Crippen LogP contribution >= 0.6 is 11.6 Å². The minimum Gasteiger partial charge on any atom is -0.309 e. The van der Waals surface area contributed by atoms with Crippen molar-refractivity contribution in [1.82, 2.24) is 4.57 Å². The Morgan fingerprint density at radius 2 is 1.38 bits per heavy atom. The summed E-state index contributed by atoms with van der Waals surface area (Å²) < 4.78 is 2.34. The third-order valence-electron chi connectivity index (χ3n) is 4.63. The van der Waals surface area contributed by atoms with E-state index in [-0.39, 0.29) is 0 Å². The molecule has 0 fully saturated rings. The van der Waals surface area contributed by atoms with Crippen molar-refractivity contribution in [2.75, 3.05) is 0 Å². The highest BCUT2D eigenvalue weighted by molar-refractivity contribution is 6.32. The molecule has 1 heterocycles. The first-order valence-corrected chi connectivity index (χ1v) is 8.37. The summed E-state index contributed by atoms with van der Waals surface area (Å²) in [5.41, 5.74) is 3.59. The molecule has 0 amide bonds. The maximum Gasteiger partial charge on any atom is 0.0619 e. The smallest absolute Gasteiger partial charge is 0.0619 e. The van der Waals surface area contributed by atoms with Crippen LogP contribution in [0.1, 0.15) is 0 Å². The molecule has 114 valence electrons. The van der Waals surface area contributed by atoms with Gasteiger partial charge >= 0.3 is 0 Å². The molecule has 5 rings (SSSR count). The molecule has 0 spiro atoms. The van der Waals surface area contributed by atoms with Gasteiger partial charge < -0.3 is 4.57 Å². The molecule has 0 aliphatic rings. The van der Waals surface area contributed by atoms with E-state index < -0.39 is 0 Å². The van der Waals surface area contributed by atoms with Gasteiger partial charge in [-0.3, -0.25) is 0 Å². The lowest BCUT2D eigenvalue weighted by molar-refractivity contribution is 1.19. The summed E-state index contributed by atoms with van der Waals surface area (Å²) in [4.78, 5) is 0. The Bertz CT molecular complexity index is 1200. The van der Waals surface area contributed by atoms with E-state index in [0.717, 1.165) is 10.7 Å². The maximum atomic E-state index is 6.31. The van der Waals surface area contributed by atoms with Gasteiger partial charge in [-0.15, -0.1) is 0 Å². The van der Waals surface area contributed by atoms with Gasteiger partial charge in [0, 0.05) is 26.9 Å². The zero-order chi connectivity index (χ0) is 16.1. The molecule has 5 aromatic rings. The number of fused-ring (bicyclic) bond motifs is 5. The van der Waals surface area contributed by atoms with Crippen LogP contribution in [0.4, 0.5) is 0 Å². The van der Waals surface area contributed by atoms with E-state index in [2.05, 4.69) is 77.4 Å². The number of aromatic nitrogens is 1. The van der Waals surface area contributed by atoms with Crippen molar-refractivity contribution in [2.45, 2.75) is 0 Å². The van der Waals surface area contributed by atoms with Gasteiger partial charge in [0.2, 0.25) is 0 Å². The molecule has 0 bridgehead atoms. The quantitative estimate of drug-likeness (QED) is 0.327. The van der Waals surface area contributed by atoms with Crippen molar-refractivity contribution in [2.24, 2.45) is 0 Å². The van der Waals surface area contributed by atoms with E-state index in [4.69, 9.17) is 11.6 Å². The van der Waals surface area contributed by atoms with Crippen LogP contribution in [0.5, 0.6) is 0 Å². The Kier molecular flexibility index (Phi) is 2.91. The van der Waals surface area contributed by atoms with Crippen molar-refractivity contribution in [3.05, 3.63) is 90.0 Å². The summed E-state index contributed by atoms with van der Waals surface area (Å²) in [6.45, 7) is 0. The molecule has 0 aliphatic heterocycles. The molecule has 1 nitrogen and oxygen atoms in total. The lowest BCUT2D eigenvalue weighted by Crippen LogP contribution is -1.93. The molecular formula is C22H14ClN. The monoisotopic (exact) mass is 327 g/mol. The predicted octanol–water partition coefficient (Wildman–Crippen LogP) is 6.59. The molecule has 0 N–H and O–H groups in total. The van der Waals surface area contributed by atoms with Crippen LogP contribution in [-0.2, 0) is 0 Å². The Hall–Kier alpha value is -2.77. The van der Waals surface area contributed by atoms with Gasteiger partial charge in [-0.1, -0.05) is 66.2 Å². The second-order valence-electron chi connectivity index (χ2n) is 6.02. The van der Waals surface area contributed by atoms with E-state index in [1.54, 1.807) is 0 Å². The van der Waals surface area contributed by atoms with Crippen molar-refractivity contribution >= 4 is 44.2 Å². The fraction of sp³-hybridized carbons (Fsp3) is 0. The van der Waals surface area contributed by atoms with Gasteiger partial charge in [0.05, 0.1) is 11.0 Å². The van der Waals surface area contributed by atoms with Crippen molar-refractivity contribution in [1.29, 1.82) is 0 Å². The summed E-state index contributed by atoms with van der Waals surface area (Å²) >= 11 is 6.31. The Balaban J connectivity index is 2.09. The first kappa shape index (κ1) is 13.6. The Labute approximate surface area is 144 Å². The zero-order valence-corrected chi connectivity index (χ0v) is 13.7. The van der Waals surface area contributed by atoms with E-state index >= 15 is 0 Å². The Morgan fingerprint density at radius 1 is 0.625 bits per heavy atom. The Morgan fingerprint density at radius 3 is 2.25 bits per heavy atom. The highest BCUT2D eigenvalue weighted by Crippen LogP contribution is 2.37. The predicted molar refractivity (Wildman–Crippen MR) is 103 cm³/mol. The van der Waals surface area contributed by atoms with Crippen molar-refractivity contribution in [3.8, 4) is 5.69 Å². The minimum atomic E-state index is 0.764. The molecular weight excluding hydrogens is 314 g/mol. The van der Waals surface area contributed by atoms with Gasteiger partial charge in [-0.05, 0) is 35.7 Å². The van der Waals surface area contributed by atoms with Crippen LogP contribution in [0, 0.1) is 0 Å². The number of nitrogens with zero attached hydrogens (tertiary/aromatic N) is 1. The van der Waals surface area contributed by atoms with Gasteiger partial charge in [-0.25, -0.2) is 0 Å². The number of halogens is 1. The lowest BCUT2D eigenvalue weighted by atomic mass is 10.1. The van der Waals surface area contributed by atoms with Gasteiger partial charge in [0.1, 0.15) is 0 Å². The molecule has 2 heteroatoms. The topological polar surface area (TPSA) is 4.93 Å². The number of benzene rings is 4. The summed E-state index contributed by atoms with van der Waals surface area (Å²) in [6, 6.07) is 29.6. The van der Waals surface area contributed by atoms with Crippen LogP contribution in [0.15, 0.2) is 84.9 Å². The highest BCUT2D eigenvalue weighted by atomic mass is 35.5. The average molecular weight is 328 g/mol. The summed E-state index contributed by atoms with van der Waals surface area (Å²) in [7, 11) is 0. The minimum absolute atomic E-state index is 0.764. The fourth-order valence-corrected chi connectivity index (χ4v) is 3.77. The van der Waals surface area contributed by atoms with Crippen molar-refractivity contribution < 1.29 is 0 Å². The van der Waals surface area contributed by atoms with Gasteiger partial charge in [-0.2, -0.15) is 0 Å². The number of rotatable bonds is 1. The largest absolute Gasteiger partial charge is 0.309 e. The number of para-hydroxylation sites is 2. The molecule has 0 aliphatic carbocycles. The molecule has 0 atom stereocenters. The second-order valence-corrected chi connectivity index (χ2v) is 6.45. The van der Waals surface area contributed by atoms with Crippen LogP contribution in [-0.4, -0.2) is 4.57 Å². The SMILES string of the molecule is Clc1ccc2ccc3c4ccccc4n(-c4ccccc4)c3c2c1. The third kappa shape index (κ3) is 1.88. The van der Waals surface area contributed by atoms with Gasteiger partial charge in [0.15, 0.2) is 0 Å². The van der Waals surface area contributed by atoms with Crippen LogP contribution in [0.2, 0.25) is 5.02 Å². The lowest BCUT2D eigenvalue weighted by Gasteiger charge is -2.09. The third-order valence-corrected chi connectivity index (χ3v) is 4.86. The van der Waals surface area contributed by atoms with Crippen LogP contribution in [0.3, 0.4) is 0 Å². The van der Waals surface area contributed by atoms with E-state index in [1.807, 2.05) is 12.1 Å². The standard InChI is InChI=1S/C22H14ClN/c23-16-12-10-15-11-13-19-18-8-4-5-9-21(18)24(22(19)20(15)14-16)17-6-2-1-3-7-17/h1-14H. The molecule has 24 heavy (non-hydrogen) atoms. The first-order chi connectivity index (χ1) is 11.8. The number of hydrogen-bond acceptors (Lipinski definition) is 0. The summed E-state index contributed by atoms with van der Waals surface area (Å²) in [5.74, 6) is 0. The average Bonchev–Trinajstić information content (AvgIpc) is 2.97.